The first kappa shape index (κ1) is 15.8. The Bertz CT molecular complexity index is 343. The van der Waals surface area contributed by atoms with E-state index in [4.69, 9.17) is 0 Å². The number of nitrogens with zero attached hydrogens (tertiary/aromatic N) is 2. The molecule has 0 amide bonds. The normalized spacial score (nSPS) is 30.1. The van der Waals surface area contributed by atoms with E-state index in [0.717, 1.165) is 18.9 Å². The van der Waals surface area contributed by atoms with Gasteiger partial charge in [0.1, 0.15) is 5.54 Å². The van der Waals surface area contributed by atoms with Gasteiger partial charge in [0, 0.05) is 6.04 Å². The van der Waals surface area contributed by atoms with Crippen molar-refractivity contribution in [2.24, 2.45) is 11.8 Å². The van der Waals surface area contributed by atoms with Crippen molar-refractivity contribution in [3.05, 3.63) is 0 Å². The molecule has 2 aliphatic rings. The molecule has 0 aromatic heterocycles. The van der Waals surface area contributed by atoms with Gasteiger partial charge in [0.15, 0.2) is 0 Å². The van der Waals surface area contributed by atoms with E-state index < -0.39 is 0 Å². The largest absolute Gasteiger partial charge is 0.306 e. The summed E-state index contributed by atoms with van der Waals surface area (Å²) in [5.74, 6) is 1.33. The lowest BCUT2D eigenvalue weighted by Crippen LogP contribution is -2.48. The molecule has 2 unspecified atom stereocenters. The average Bonchev–Trinajstić information content (AvgIpc) is 3.13. The Morgan fingerprint density at radius 1 is 1.30 bits per heavy atom. The van der Waals surface area contributed by atoms with E-state index >= 15 is 0 Å². The predicted octanol–water partition coefficient (Wildman–Crippen LogP) is 3.17. The van der Waals surface area contributed by atoms with Gasteiger partial charge in [-0.05, 0) is 70.5 Å². The fourth-order valence-corrected chi connectivity index (χ4v) is 3.40. The highest BCUT2D eigenvalue weighted by atomic mass is 15.1. The maximum atomic E-state index is 9.68. The van der Waals surface area contributed by atoms with Crippen molar-refractivity contribution in [2.45, 2.75) is 70.4 Å². The summed E-state index contributed by atoms with van der Waals surface area (Å²) >= 11 is 0. The second-order valence-corrected chi connectivity index (χ2v) is 7.37. The smallest absolute Gasteiger partial charge is 0.109 e. The predicted molar refractivity (Wildman–Crippen MR) is 83.4 cm³/mol. The van der Waals surface area contributed by atoms with Gasteiger partial charge < -0.3 is 4.90 Å². The summed E-state index contributed by atoms with van der Waals surface area (Å²) in [5, 5.41) is 13.3. The first-order chi connectivity index (χ1) is 9.55. The molecule has 0 heterocycles. The van der Waals surface area contributed by atoms with E-state index in [2.05, 4.69) is 37.2 Å². The first-order valence-corrected chi connectivity index (χ1v) is 8.43. The highest BCUT2D eigenvalue weighted by molar-refractivity contribution is 5.16. The van der Waals surface area contributed by atoms with Gasteiger partial charge in [-0.25, -0.2) is 0 Å². The minimum absolute atomic E-state index is 0.208. The van der Waals surface area contributed by atoms with Gasteiger partial charge >= 0.3 is 0 Å². The lowest BCUT2D eigenvalue weighted by atomic mass is 9.85. The summed E-state index contributed by atoms with van der Waals surface area (Å²) in [6.07, 6.45) is 8.47. The molecule has 0 bridgehead atoms. The van der Waals surface area contributed by atoms with Gasteiger partial charge in [-0.15, -0.1) is 0 Å². The molecule has 20 heavy (non-hydrogen) atoms. The van der Waals surface area contributed by atoms with Gasteiger partial charge in [-0.3, -0.25) is 5.32 Å². The van der Waals surface area contributed by atoms with E-state index in [0.29, 0.717) is 12.0 Å². The second kappa shape index (κ2) is 6.91. The van der Waals surface area contributed by atoms with E-state index in [1.54, 1.807) is 0 Å². The number of rotatable bonds is 8. The number of hydrogen-bond acceptors (Lipinski definition) is 3. The Kier molecular flexibility index (Phi) is 5.46. The molecule has 3 heteroatoms. The van der Waals surface area contributed by atoms with Gasteiger partial charge in [0.05, 0.1) is 6.07 Å². The summed E-state index contributed by atoms with van der Waals surface area (Å²) < 4.78 is 0. The molecule has 0 saturated heterocycles. The number of nitrogens with one attached hydrogen (secondary N) is 1. The van der Waals surface area contributed by atoms with Crippen LogP contribution < -0.4 is 5.32 Å². The minimum Gasteiger partial charge on any atom is -0.306 e. The standard InChI is InChI=1S/C17H31N3/c1-14(2)8-11-20(3)12-9-15-5-4-10-17(15,13-18)19-16-6-7-16/h14-16,19H,4-12H2,1-3H3. The fraction of sp³-hybridized carbons (Fsp3) is 0.941. The summed E-state index contributed by atoms with van der Waals surface area (Å²) in [5.41, 5.74) is -0.208. The Morgan fingerprint density at radius 2 is 2.05 bits per heavy atom. The van der Waals surface area contributed by atoms with Crippen LogP contribution in [0.2, 0.25) is 0 Å². The van der Waals surface area contributed by atoms with E-state index in [1.165, 1.54) is 45.1 Å². The topological polar surface area (TPSA) is 39.1 Å². The van der Waals surface area contributed by atoms with E-state index in [-0.39, 0.29) is 5.54 Å². The van der Waals surface area contributed by atoms with Gasteiger partial charge in [-0.1, -0.05) is 20.3 Å². The summed E-state index contributed by atoms with van der Waals surface area (Å²) in [4.78, 5) is 2.44. The molecule has 0 aromatic carbocycles. The molecule has 2 saturated carbocycles. The van der Waals surface area contributed by atoms with Crippen LogP contribution in [-0.2, 0) is 0 Å². The fourth-order valence-electron chi connectivity index (χ4n) is 3.40. The Balaban J connectivity index is 1.79. The number of hydrogen-bond donors (Lipinski definition) is 1. The molecular weight excluding hydrogens is 246 g/mol. The first-order valence-electron chi connectivity index (χ1n) is 8.43. The molecule has 0 radical (unpaired) electrons. The molecule has 0 spiro atoms. The van der Waals surface area contributed by atoms with Crippen molar-refractivity contribution < 1.29 is 0 Å². The molecule has 3 nitrogen and oxygen atoms in total. The Morgan fingerprint density at radius 3 is 2.65 bits per heavy atom. The molecule has 1 N–H and O–H groups in total. The maximum absolute atomic E-state index is 9.68. The SMILES string of the molecule is CC(C)CCN(C)CCC1CCCC1(C#N)NC1CC1. The van der Waals surface area contributed by atoms with Crippen LogP contribution in [-0.4, -0.2) is 36.6 Å². The van der Waals surface area contributed by atoms with Gasteiger partial charge in [-0.2, -0.15) is 5.26 Å². The van der Waals surface area contributed by atoms with Crippen LogP contribution in [0.5, 0.6) is 0 Å². The van der Waals surface area contributed by atoms with Crippen LogP contribution in [0.1, 0.15) is 58.8 Å². The third-order valence-electron chi connectivity index (χ3n) is 5.01. The lowest BCUT2D eigenvalue weighted by molar-refractivity contribution is 0.241. The molecule has 2 rings (SSSR count). The molecule has 2 aliphatic carbocycles. The van der Waals surface area contributed by atoms with Crippen LogP contribution in [0.3, 0.4) is 0 Å². The molecule has 114 valence electrons. The zero-order valence-electron chi connectivity index (χ0n) is 13.5. The van der Waals surface area contributed by atoms with Crippen LogP contribution in [0.15, 0.2) is 0 Å². The molecule has 2 fully saturated rings. The summed E-state index contributed by atoms with van der Waals surface area (Å²) in [7, 11) is 2.22. The zero-order chi connectivity index (χ0) is 14.6. The third-order valence-corrected chi connectivity index (χ3v) is 5.01. The van der Waals surface area contributed by atoms with Crippen molar-refractivity contribution >= 4 is 0 Å². The highest BCUT2D eigenvalue weighted by Gasteiger charge is 2.45. The van der Waals surface area contributed by atoms with Crippen molar-refractivity contribution in [1.82, 2.24) is 10.2 Å². The quantitative estimate of drug-likeness (QED) is 0.740. The van der Waals surface area contributed by atoms with Gasteiger partial charge in [0.25, 0.3) is 0 Å². The highest BCUT2D eigenvalue weighted by Crippen LogP contribution is 2.40. The average molecular weight is 277 g/mol. The minimum atomic E-state index is -0.208. The summed E-state index contributed by atoms with van der Waals surface area (Å²) in [6.45, 7) is 6.88. The molecule has 2 atom stereocenters. The second-order valence-electron chi connectivity index (χ2n) is 7.37. The van der Waals surface area contributed by atoms with E-state index in [1.807, 2.05) is 0 Å². The van der Waals surface area contributed by atoms with Gasteiger partial charge in [0.2, 0.25) is 0 Å². The molecule has 0 aromatic rings. The van der Waals surface area contributed by atoms with Crippen molar-refractivity contribution in [2.75, 3.05) is 20.1 Å². The Labute approximate surface area is 124 Å². The van der Waals surface area contributed by atoms with Crippen LogP contribution in [0.4, 0.5) is 0 Å². The van der Waals surface area contributed by atoms with Crippen molar-refractivity contribution in [1.29, 1.82) is 5.26 Å². The zero-order valence-corrected chi connectivity index (χ0v) is 13.5. The van der Waals surface area contributed by atoms with Crippen LogP contribution in [0.25, 0.3) is 0 Å². The van der Waals surface area contributed by atoms with Crippen molar-refractivity contribution in [3.8, 4) is 6.07 Å². The van der Waals surface area contributed by atoms with E-state index in [9.17, 15) is 5.26 Å². The van der Waals surface area contributed by atoms with Crippen LogP contribution in [0, 0.1) is 23.2 Å². The molecular formula is C17H31N3. The number of nitriles is 1. The Hall–Kier alpha value is -0.590. The monoisotopic (exact) mass is 277 g/mol. The molecule has 0 aliphatic heterocycles. The van der Waals surface area contributed by atoms with Crippen LogP contribution >= 0.6 is 0 Å². The van der Waals surface area contributed by atoms with Crippen molar-refractivity contribution in [3.63, 3.8) is 0 Å². The third kappa shape index (κ3) is 4.20. The lowest BCUT2D eigenvalue weighted by Gasteiger charge is -2.31. The summed E-state index contributed by atoms with van der Waals surface area (Å²) in [6, 6.07) is 3.28. The maximum Gasteiger partial charge on any atom is 0.109 e.